The van der Waals surface area contributed by atoms with Crippen LogP contribution in [0.25, 0.3) is 10.7 Å². The van der Waals surface area contributed by atoms with Gasteiger partial charge >= 0.3 is 11.8 Å². The molecule has 0 saturated carbocycles. The van der Waals surface area contributed by atoms with E-state index in [0.29, 0.717) is 47.7 Å². The summed E-state index contributed by atoms with van der Waals surface area (Å²) in [6, 6.07) is 8.80. The number of amides is 1. The van der Waals surface area contributed by atoms with Crippen LogP contribution in [0.4, 0.5) is 5.69 Å². The molecule has 11 heteroatoms. The van der Waals surface area contributed by atoms with Crippen LogP contribution in [0.3, 0.4) is 0 Å². The summed E-state index contributed by atoms with van der Waals surface area (Å²) >= 11 is 1.22. The molecule has 0 radical (unpaired) electrons. The van der Waals surface area contributed by atoms with E-state index in [0.717, 1.165) is 5.56 Å². The molecular formula is C21H24N4O5S2. The number of hydrogen-bond donors (Lipinski definition) is 1. The van der Waals surface area contributed by atoms with Gasteiger partial charge < -0.3 is 14.2 Å². The van der Waals surface area contributed by atoms with Crippen molar-refractivity contribution in [3.63, 3.8) is 0 Å². The van der Waals surface area contributed by atoms with Crippen molar-refractivity contribution in [3.05, 3.63) is 46.7 Å². The fourth-order valence-electron chi connectivity index (χ4n) is 3.30. The van der Waals surface area contributed by atoms with Gasteiger partial charge in [-0.2, -0.15) is 4.98 Å². The Labute approximate surface area is 190 Å². The van der Waals surface area contributed by atoms with E-state index in [1.807, 2.05) is 12.1 Å². The van der Waals surface area contributed by atoms with Gasteiger partial charge in [0, 0.05) is 23.7 Å². The van der Waals surface area contributed by atoms with E-state index in [1.54, 1.807) is 24.0 Å². The van der Waals surface area contributed by atoms with Gasteiger partial charge in [0.25, 0.3) is 10.0 Å². The first-order valence-electron chi connectivity index (χ1n) is 10.2. The summed E-state index contributed by atoms with van der Waals surface area (Å²) in [4.78, 5) is 19.5. The first-order valence-corrected chi connectivity index (χ1v) is 12.5. The third-order valence-electron chi connectivity index (χ3n) is 5.12. The third kappa shape index (κ3) is 4.69. The topological polar surface area (TPSA) is 115 Å². The van der Waals surface area contributed by atoms with Gasteiger partial charge in [0.2, 0.25) is 5.82 Å². The zero-order valence-corrected chi connectivity index (χ0v) is 19.6. The third-order valence-corrected chi connectivity index (χ3v) is 7.80. The summed E-state index contributed by atoms with van der Waals surface area (Å²) in [5, 5.41) is 3.88. The van der Waals surface area contributed by atoms with Crippen LogP contribution in [0.2, 0.25) is 0 Å². The summed E-state index contributed by atoms with van der Waals surface area (Å²) < 4.78 is 38.9. The molecule has 32 heavy (non-hydrogen) atoms. The maximum atomic E-state index is 13.0. The molecule has 1 saturated heterocycles. The van der Waals surface area contributed by atoms with Crippen LogP contribution in [-0.4, -0.2) is 55.7 Å². The van der Waals surface area contributed by atoms with Crippen molar-refractivity contribution < 1.29 is 22.5 Å². The lowest BCUT2D eigenvalue weighted by molar-refractivity contribution is 0.0272. The van der Waals surface area contributed by atoms with Crippen LogP contribution >= 0.6 is 11.3 Å². The molecule has 9 nitrogen and oxygen atoms in total. The quantitative estimate of drug-likeness (QED) is 0.579. The number of hydrogen-bond acceptors (Lipinski definition) is 8. The molecule has 0 spiro atoms. The number of ether oxygens (including phenoxy) is 1. The van der Waals surface area contributed by atoms with Gasteiger partial charge in [-0.05, 0) is 36.6 Å². The second-order valence-electron chi connectivity index (χ2n) is 7.74. The first-order chi connectivity index (χ1) is 15.2. The Morgan fingerprint density at radius 3 is 2.53 bits per heavy atom. The molecule has 0 unspecified atom stereocenters. The number of morpholine rings is 1. The van der Waals surface area contributed by atoms with Crippen molar-refractivity contribution >= 4 is 33.0 Å². The molecule has 3 heterocycles. The molecule has 0 aliphatic carbocycles. The summed E-state index contributed by atoms with van der Waals surface area (Å²) in [5.41, 5.74) is 1.61. The number of benzene rings is 1. The van der Waals surface area contributed by atoms with Crippen molar-refractivity contribution in [1.82, 2.24) is 15.0 Å². The lowest BCUT2D eigenvalue weighted by atomic mass is 10.0. The Morgan fingerprint density at radius 1 is 1.19 bits per heavy atom. The lowest BCUT2D eigenvalue weighted by Crippen LogP contribution is -2.40. The molecule has 2 aromatic heterocycles. The van der Waals surface area contributed by atoms with Crippen LogP contribution in [-0.2, 0) is 14.8 Å². The van der Waals surface area contributed by atoms with E-state index in [1.165, 1.54) is 17.4 Å². The van der Waals surface area contributed by atoms with Crippen LogP contribution in [0.1, 0.15) is 40.9 Å². The zero-order valence-electron chi connectivity index (χ0n) is 18.0. The van der Waals surface area contributed by atoms with Gasteiger partial charge in [0.1, 0.15) is 4.90 Å². The van der Waals surface area contributed by atoms with Gasteiger partial charge in [-0.15, -0.1) is 11.3 Å². The first kappa shape index (κ1) is 22.4. The molecule has 170 valence electrons. The number of carbonyl (C=O) groups is 1. The minimum atomic E-state index is -3.81. The molecule has 4 rings (SSSR count). The van der Waals surface area contributed by atoms with Crippen molar-refractivity contribution in [2.45, 2.75) is 31.6 Å². The van der Waals surface area contributed by atoms with Gasteiger partial charge in [-0.25, -0.2) is 8.42 Å². The number of carbonyl (C=O) groups excluding carboxylic acids is 1. The monoisotopic (exact) mass is 476 g/mol. The smallest absolute Gasteiger partial charge is 0.316 e. The van der Waals surface area contributed by atoms with E-state index < -0.39 is 10.0 Å². The highest BCUT2D eigenvalue weighted by molar-refractivity contribution is 7.93. The Balaban J connectivity index is 1.53. The van der Waals surface area contributed by atoms with E-state index in [9.17, 15) is 13.2 Å². The standard InChI is InChI=1S/C21H24N4O5S2/c1-13(2)15-4-6-16(7-5-15)24-32(27,28)18-12-17(31-14(18)3)19-22-20(30-23-19)21(26)25-8-10-29-11-9-25/h4-7,12-13,24H,8-11H2,1-3H3. The van der Waals surface area contributed by atoms with Crippen LogP contribution in [0, 0.1) is 6.92 Å². The molecule has 1 N–H and O–H groups in total. The normalized spacial score (nSPS) is 14.7. The van der Waals surface area contributed by atoms with Crippen LogP contribution in [0.5, 0.6) is 0 Å². The summed E-state index contributed by atoms with van der Waals surface area (Å²) in [6.07, 6.45) is 0. The molecule has 3 aromatic rings. The highest BCUT2D eigenvalue weighted by Crippen LogP contribution is 2.33. The number of nitrogens with one attached hydrogen (secondary N) is 1. The van der Waals surface area contributed by atoms with Crippen molar-refractivity contribution in [2.24, 2.45) is 0 Å². The van der Waals surface area contributed by atoms with Gasteiger partial charge in [0.15, 0.2) is 0 Å². The van der Waals surface area contributed by atoms with Crippen molar-refractivity contribution in [3.8, 4) is 10.7 Å². The van der Waals surface area contributed by atoms with Crippen molar-refractivity contribution in [1.29, 1.82) is 0 Å². The number of anilines is 1. The molecule has 1 amide bonds. The fraction of sp³-hybridized carbons (Fsp3) is 0.381. The molecule has 1 aromatic carbocycles. The Bertz CT molecular complexity index is 1210. The highest BCUT2D eigenvalue weighted by atomic mass is 32.2. The molecule has 1 aliphatic heterocycles. The van der Waals surface area contributed by atoms with Crippen LogP contribution in [0.15, 0.2) is 39.8 Å². The minimum Gasteiger partial charge on any atom is -0.378 e. The highest BCUT2D eigenvalue weighted by Gasteiger charge is 2.26. The molecular weight excluding hydrogens is 452 g/mol. The number of aryl methyl sites for hydroxylation is 1. The fourth-order valence-corrected chi connectivity index (χ4v) is 5.88. The summed E-state index contributed by atoms with van der Waals surface area (Å²) in [6.45, 7) is 7.71. The molecule has 1 aliphatic rings. The van der Waals surface area contributed by atoms with Gasteiger partial charge in [-0.3, -0.25) is 9.52 Å². The SMILES string of the molecule is Cc1sc(-c2noc(C(=O)N3CCOCC3)n2)cc1S(=O)(=O)Nc1ccc(C(C)C)cc1. The summed E-state index contributed by atoms with van der Waals surface area (Å²) in [7, 11) is -3.81. The van der Waals surface area contributed by atoms with Crippen LogP contribution < -0.4 is 4.72 Å². The second kappa shape index (κ2) is 9.00. The average molecular weight is 477 g/mol. The number of nitrogens with zero attached hydrogens (tertiary/aromatic N) is 3. The van der Waals surface area contributed by atoms with E-state index in [2.05, 4.69) is 28.7 Å². The number of rotatable bonds is 6. The second-order valence-corrected chi connectivity index (χ2v) is 10.6. The Hall–Kier alpha value is -2.76. The lowest BCUT2D eigenvalue weighted by Gasteiger charge is -2.25. The largest absolute Gasteiger partial charge is 0.378 e. The molecule has 1 fully saturated rings. The van der Waals surface area contributed by atoms with Gasteiger partial charge in [-0.1, -0.05) is 31.1 Å². The van der Waals surface area contributed by atoms with Gasteiger partial charge in [0.05, 0.1) is 18.1 Å². The number of sulfonamides is 1. The van der Waals surface area contributed by atoms with E-state index >= 15 is 0 Å². The summed E-state index contributed by atoms with van der Waals surface area (Å²) in [5.74, 6) is 0.0511. The Kier molecular flexibility index (Phi) is 6.31. The van der Waals surface area contributed by atoms with E-state index in [4.69, 9.17) is 9.26 Å². The predicted molar refractivity (Wildman–Crippen MR) is 120 cm³/mol. The molecule has 0 bridgehead atoms. The maximum absolute atomic E-state index is 13.0. The average Bonchev–Trinajstić information content (AvgIpc) is 3.41. The number of aromatic nitrogens is 2. The van der Waals surface area contributed by atoms with E-state index in [-0.39, 0.29) is 22.5 Å². The minimum absolute atomic E-state index is 0.124. The Morgan fingerprint density at radius 2 is 1.88 bits per heavy atom. The zero-order chi connectivity index (χ0) is 22.9. The number of thiophene rings is 1. The molecule has 0 atom stereocenters. The predicted octanol–water partition coefficient (Wildman–Crippen LogP) is 3.50. The van der Waals surface area contributed by atoms with Crippen molar-refractivity contribution in [2.75, 3.05) is 31.0 Å². The maximum Gasteiger partial charge on any atom is 0.316 e.